The summed E-state index contributed by atoms with van der Waals surface area (Å²) >= 11 is 0.867. The number of carbonyl (C=O) groups is 1. The van der Waals surface area contributed by atoms with Crippen LogP contribution >= 0.6 is 11.3 Å². The molecule has 0 saturated heterocycles. The zero-order valence-electron chi connectivity index (χ0n) is 13.4. The van der Waals surface area contributed by atoms with Crippen LogP contribution in [-0.2, 0) is 10.0 Å². The predicted octanol–water partition coefficient (Wildman–Crippen LogP) is 3.81. The first-order valence-electron chi connectivity index (χ1n) is 7.48. The van der Waals surface area contributed by atoms with Crippen molar-refractivity contribution in [2.75, 3.05) is 4.72 Å². The molecule has 0 aliphatic heterocycles. The van der Waals surface area contributed by atoms with E-state index in [9.17, 15) is 13.2 Å². The lowest BCUT2D eigenvalue weighted by Gasteiger charge is -2.08. The van der Waals surface area contributed by atoms with Gasteiger partial charge in [-0.3, -0.25) is 9.71 Å². The van der Waals surface area contributed by atoms with Crippen LogP contribution in [0.1, 0.15) is 20.9 Å². The van der Waals surface area contributed by atoms with E-state index in [2.05, 4.69) is 9.71 Å². The summed E-state index contributed by atoms with van der Waals surface area (Å²) in [6.07, 6.45) is 5.31. The molecule has 0 radical (unpaired) electrons. The van der Waals surface area contributed by atoms with Gasteiger partial charge in [-0.25, -0.2) is 13.2 Å². The van der Waals surface area contributed by atoms with E-state index in [1.54, 1.807) is 24.4 Å². The Balaban J connectivity index is 1.83. The number of anilines is 1. The van der Waals surface area contributed by atoms with E-state index in [0.29, 0.717) is 5.69 Å². The molecule has 2 N–H and O–H groups in total. The van der Waals surface area contributed by atoms with Gasteiger partial charge in [-0.1, -0.05) is 24.3 Å². The van der Waals surface area contributed by atoms with Crippen molar-refractivity contribution < 1.29 is 18.3 Å². The summed E-state index contributed by atoms with van der Waals surface area (Å²) in [7, 11) is -3.99. The zero-order chi connectivity index (χ0) is 18.6. The van der Waals surface area contributed by atoms with Crippen LogP contribution in [0.5, 0.6) is 0 Å². The van der Waals surface area contributed by atoms with E-state index in [4.69, 9.17) is 5.11 Å². The molecule has 2 heterocycles. The number of carboxylic acid groups (broad SMARTS) is 1. The van der Waals surface area contributed by atoms with Crippen molar-refractivity contribution in [1.29, 1.82) is 0 Å². The second-order valence-corrected chi connectivity index (χ2v) is 7.80. The Bertz CT molecular complexity index is 1060. The number of benzene rings is 1. The molecule has 6 nitrogen and oxygen atoms in total. The van der Waals surface area contributed by atoms with Gasteiger partial charge in [-0.15, -0.1) is 11.3 Å². The highest BCUT2D eigenvalue weighted by atomic mass is 32.2. The summed E-state index contributed by atoms with van der Waals surface area (Å²) in [5.74, 6) is -1.27. The van der Waals surface area contributed by atoms with Crippen molar-refractivity contribution in [1.82, 2.24) is 4.98 Å². The smallest absolute Gasteiger partial charge is 0.347 e. The van der Waals surface area contributed by atoms with Crippen LogP contribution in [0.3, 0.4) is 0 Å². The van der Waals surface area contributed by atoms with Crippen molar-refractivity contribution in [3.63, 3.8) is 0 Å². The summed E-state index contributed by atoms with van der Waals surface area (Å²) in [4.78, 5) is 14.9. The molecule has 0 spiro atoms. The topological polar surface area (TPSA) is 96.4 Å². The molecular weight excluding hydrogens is 372 g/mol. The molecule has 1 aromatic carbocycles. The summed E-state index contributed by atoms with van der Waals surface area (Å²) in [5.41, 5.74) is 1.90. The van der Waals surface area contributed by atoms with Gasteiger partial charge in [0.1, 0.15) is 9.77 Å². The molecule has 2 aromatic heterocycles. The van der Waals surface area contributed by atoms with Crippen molar-refractivity contribution >= 4 is 45.2 Å². The first-order chi connectivity index (χ1) is 12.5. The molecule has 0 saturated carbocycles. The lowest BCUT2D eigenvalue weighted by molar-refractivity contribution is 0.0698. The van der Waals surface area contributed by atoms with E-state index in [-0.39, 0.29) is 9.77 Å². The average Bonchev–Trinajstić information content (AvgIpc) is 3.12. The van der Waals surface area contributed by atoms with Gasteiger partial charge in [0.2, 0.25) is 0 Å². The Morgan fingerprint density at radius 1 is 1.12 bits per heavy atom. The van der Waals surface area contributed by atoms with Crippen molar-refractivity contribution in [3.8, 4) is 0 Å². The minimum atomic E-state index is -3.99. The molecule has 0 aliphatic carbocycles. The average molecular weight is 386 g/mol. The van der Waals surface area contributed by atoms with Crippen LogP contribution in [0.2, 0.25) is 0 Å². The van der Waals surface area contributed by atoms with Gasteiger partial charge in [0.05, 0.1) is 5.69 Å². The van der Waals surface area contributed by atoms with Crippen LogP contribution < -0.4 is 4.72 Å². The van der Waals surface area contributed by atoms with E-state index in [0.717, 1.165) is 22.6 Å². The highest BCUT2D eigenvalue weighted by molar-refractivity contribution is 7.93. The fourth-order valence-electron chi connectivity index (χ4n) is 2.24. The first-order valence-corrected chi connectivity index (χ1v) is 9.85. The van der Waals surface area contributed by atoms with Crippen molar-refractivity contribution in [3.05, 3.63) is 76.2 Å². The van der Waals surface area contributed by atoms with Gasteiger partial charge >= 0.3 is 5.97 Å². The quantitative estimate of drug-likeness (QED) is 0.671. The highest BCUT2D eigenvalue weighted by Crippen LogP contribution is 2.25. The number of sulfonamides is 1. The molecule has 0 unspecified atom stereocenters. The fraction of sp³-hybridized carbons (Fsp3) is 0. The van der Waals surface area contributed by atoms with Crippen LogP contribution in [0.15, 0.2) is 65.0 Å². The van der Waals surface area contributed by atoms with Crippen LogP contribution in [0.4, 0.5) is 5.69 Å². The monoisotopic (exact) mass is 386 g/mol. The number of carboxylic acids is 1. The highest BCUT2D eigenvalue weighted by Gasteiger charge is 2.23. The van der Waals surface area contributed by atoms with Gasteiger partial charge < -0.3 is 5.11 Å². The number of pyridine rings is 1. The maximum atomic E-state index is 12.5. The number of rotatable bonds is 6. The Kier molecular flexibility index (Phi) is 5.15. The third-order valence-corrected chi connectivity index (χ3v) is 5.84. The summed E-state index contributed by atoms with van der Waals surface area (Å²) in [6, 6.07) is 13.6. The maximum absolute atomic E-state index is 12.5. The number of hydrogen-bond donors (Lipinski definition) is 2. The molecular formula is C18H14N2O4S2. The Labute approximate surface area is 154 Å². The van der Waals surface area contributed by atoms with Crippen LogP contribution in [0, 0.1) is 0 Å². The number of nitrogens with zero attached hydrogens (tertiary/aromatic N) is 1. The van der Waals surface area contributed by atoms with E-state index < -0.39 is 16.0 Å². The zero-order valence-corrected chi connectivity index (χ0v) is 15.0. The lowest BCUT2D eigenvalue weighted by Crippen LogP contribution is -2.15. The van der Waals surface area contributed by atoms with E-state index in [1.165, 1.54) is 11.4 Å². The third-order valence-electron chi connectivity index (χ3n) is 3.39. The molecule has 26 heavy (non-hydrogen) atoms. The minimum absolute atomic E-state index is 0.219. The van der Waals surface area contributed by atoms with Gasteiger partial charge in [0.15, 0.2) is 0 Å². The Morgan fingerprint density at radius 2 is 1.96 bits per heavy atom. The maximum Gasteiger partial charge on any atom is 0.347 e. The molecule has 8 heteroatoms. The number of hydrogen-bond acceptors (Lipinski definition) is 5. The summed E-state index contributed by atoms with van der Waals surface area (Å²) in [6.45, 7) is 0. The van der Waals surface area contributed by atoms with Gasteiger partial charge in [-0.05, 0) is 47.4 Å². The van der Waals surface area contributed by atoms with Gasteiger partial charge in [0, 0.05) is 11.9 Å². The largest absolute Gasteiger partial charge is 0.477 e. The lowest BCUT2D eigenvalue weighted by atomic mass is 10.2. The second kappa shape index (κ2) is 7.51. The number of aromatic nitrogens is 1. The normalized spacial score (nSPS) is 11.5. The Hall–Kier alpha value is -2.97. The molecule has 0 atom stereocenters. The summed E-state index contributed by atoms with van der Waals surface area (Å²) in [5, 5.41) is 10.5. The van der Waals surface area contributed by atoms with Gasteiger partial charge in [0.25, 0.3) is 10.0 Å². The third kappa shape index (κ3) is 4.16. The predicted molar refractivity (Wildman–Crippen MR) is 102 cm³/mol. The second-order valence-electron chi connectivity index (χ2n) is 5.24. The number of nitrogens with one attached hydrogen (secondary N) is 1. The number of thiophene rings is 1. The minimum Gasteiger partial charge on any atom is -0.477 e. The number of aromatic carboxylic acids is 1. The standard InChI is InChI=1S/C18H14N2O4S2/c21-18(22)17-16(9-11-25-17)26(23,24)20-15-6-3-4-13(12-15)7-8-14-5-1-2-10-19-14/h1-12,20H,(H,21,22). The van der Waals surface area contributed by atoms with Crippen LogP contribution in [0.25, 0.3) is 12.2 Å². The molecule has 0 amide bonds. The SMILES string of the molecule is O=C(O)c1sccc1S(=O)(=O)Nc1cccc(C=Cc2ccccn2)c1. The fourth-order valence-corrected chi connectivity index (χ4v) is 4.55. The summed E-state index contributed by atoms with van der Waals surface area (Å²) < 4.78 is 27.4. The first kappa shape index (κ1) is 17.8. The van der Waals surface area contributed by atoms with Crippen LogP contribution in [-0.4, -0.2) is 24.5 Å². The van der Waals surface area contributed by atoms with Crippen molar-refractivity contribution in [2.45, 2.75) is 4.90 Å². The molecule has 0 bridgehead atoms. The molecule has 132 valence electrons. The Morgan fingerprint density at radius 3 is 2.69 bits per heavy atom. The van der Waals surface area contributed by atoms with E-state index >= 15 is 0 Å². The molecule has 0 aliphatic rings. The molecule has 3 aromatic rings. The van der Waals surface area contributed by atoms with Crippen molar-refractivity contribution in [2.24, 2.45) is 0 Å². The van der Waals surface area contributed by atoms with Gasteiger partial charge in [-0.2, -0.15) is 0 Å². The molecule has 0 fully saturated rings. The molecule has 3 rings (SSSR count). The van der Waals surface area contributed by atoms with E-state index in [1.807, 2.05) is 36.4 Å².